The fraction of sp³-hybridized carbons (Fsp3) is 0.675. The van der Waals surface area contributed by atoms with Crippen LogP contribution in [0.4, 0.5) is 0 Å². The lowest BCUT2D eigenvalue weighted by Gasteiger charge is -2.46. The normalized spacial score (nSPS) is 27.0. The zero-order valence-electron chi connectivity index (χ0n) is 32.3. The van der Waals surface area contributed by atoms with Gasteiger partial charge in [-0.1, -0.05) is 27.2 Å². The lowest BCUT2D eigenvalue weighted by atomic mass is 9.75. The highest BCUT2D eigenvalue weighted by Gasteiger charge is 2.62. The molecular weight excluding hydrogens is 721 g/mol. The molecule has 7 atom stereocenters. The predicted molar refractivity (Wildman–Crippen MR) is 205 cm³/mol. The summed E-state index contributed by atoms with van der Waals surface area (Å²) >= 11 is 3.61. The number of ether oxygens (including phenoxy) is 10. The van der Waals surface area contributed by atoms with Crippen molar-refractivity contribution in [2.75, 3.05) is 66.6 Å². The third kappa shape index (κ3) is 8.01. The summed E-state index contributed by atoms with van der Waals surface area (Å²) in [4.78, 5) is 14.8. The zero-order chi connectivity index (χ0) is 37.7. The van der Waals surface area contributed by atoms with Gasteiger partial charge in [0.25, 0.3) is 0 Å². The standard InChI is InChI=1S/C40H56O11S2/c1-9-46-15-16-47-34(25-20-30(42-5)36(45-8)31(21-25)43-6)32-33(39(51-38(32)41)50-29-19-24(4)11-12-26(29)23(2)3)40(52-17-10-18-53-40)27-13-14-28-37(35(27)44-7)49-22-48-28/h13-14,20-21,23-24,26,29,32-34,39H,9-12,15-19,22H2,1-8H3/t24?,26?,29?,32-,33+,34+,39+/m0/s1. The molecule has 0 aromatic heterocycles. The van der Waals surface area contributed by atoms with Crippen LogP contribution in [0.1, 0.15) is 70.6 Å². The number of carbonyl (C=O) groups is 1. The van der Waals surface area contributed by atoms with Crippen LogP contribution in [0.15, 0.2) is 24.3 Å². The topological polar surface area (TPSA) is 109 Å². The molecule has 53 heavy (non-hydrogen) atoms. The quantitative estimate of drug-likeness (QED) is 0.122. The summed E-state index contributed by atoms with van der Waals surface area (Å²) in [5.41, 5.74) is 1.59. The Balaban J connectivity index is 1.55. The van der Waals surface area contributed by atoms with Gasteiger partial charge in [0.1, 0.15) is 0 Å². The summed E-state index contributed by atoms with van der Waals surface area (Å²) in [6.07, 6.45) is 2.40. The van der Waals surface area contributed by atoms with Crippen molar-refractivity contribution in [1.29, 1.82) is 0 Å². The maximum atomic E-state index is 14.8. The number of hydrogen-bond donors (Lipinski definition) is 0. The Morgan fingerprint density at radius 1 is 0.925 bits per heavy atom. The van der Waals surface area contributed by atoms with E-state index in [9.17, 15) is 4.79 Å². The number of cyclic esters (lactones) is 1. The van der Waals surface area contributed by atoms with E-state index >= 15 is 0 Å². The number of thioether (sulfide) groups is 2. The minimum absolute atomic E-state index is 0.0782. The van der Waals surface area contributed by atoms with Crippen LogP contribution in [-0.4, -0.2) is 84.9 Å². The van der Waals surface area contributed by atoms with E-state index in [2.05, 4.69) is 26.8 Å². The minimum atomic E-state index is -0.864. The van der Waals surface area contributed by atoms with Crippen molar-refractivity contribution >= 4 is 29.5 Å². The average molecular weight is 777 g/mol. The maximum Gasteiger partial charge on any atom is 0.314 e. The first-order valence-electron chi connectivity index (χ1n) is 18.8. The first-order chi connectivity index (χ1) is 25.7. The smallest absolute Gasteiger partial charge is 0.314 e. The third-order valence-corrected chi connectivity index (χ3v) is 14.5. The van der Waals surface area contributed by atoms with Crippen LogP contribution in [0, 0.1) is 29.6 Å². The number of fused-ring (bicyclic) bond motifs is 1. The maximum absolute atomic E-state index is 14.8. The SMILES string of the molecule is CCOCCO[C@H](c1cc(OC)c(OC)c(OC)c1)[C@H]1C(=O)O[C@@H](OC2CC(C)CCC2C(C)C)[C@@H]1C1(c2ccc3c(c2OC)OCO3)SCCCS1. The molecule has 1 saturated carbocycles. The molecule has 294 valence electrons. The molecule has 3 unspecified atom stereocenters. The van der Waals surface area contributed by atoms with Crippen molar-refractivity contribution in [3.8, 4) is 34.5 Å². The van der Waals surface area contributed by atoms with E-state index in [0.29, 0.717) is 71.0 Å². The number of hydrogen-bond acceptors (Lipinski definition) is 13. The Labute approximate surface area is 322 Å². The Kier molecular flexibility index (Phi) is 13.4. The molecule has 13 heteroatoms. The van der Waals surface area contributed by atoms with Crippen LogP contribution in [0.2, 0.25) is 0 Å². The number of esters is 1. The van der Waals surface area contributed by atoms with Crippen LogP contribution in [0.25, 0.3) is 0 Å². The number of rotatable bonds is 16. The zero-order valence-corrected chi connectivity index (χ0v) is 33.9. The largest absolute Gasteiger partial charge is 0.493 e. The van der Waals surface area contributed by atoms with Crippen molar-refractivity contribution in [1.82, 2.24) is 0 Å². The molecule has 11 nitrogen and oxygen atoms in total. The van der Waals surface area contributed by atoms with Gasteiger partial charge in [0.05, 0.1) is 69.8 Å². The molecule has 4 aliphatic rings. The van der Waals surface area contributed by atoms with Crippen molar-refractivity contribution in [3.05, 3.63) is 35.4 Å². The molecule has 0 spiro atoms. The van der Waals surface area contributed by atoms with Gasteiger partial charge in [-0.3, -0.25) is 4.79 Å². The fourth-order valence-corrected chi connectivity index (χ4v) is 12.1. The van der Waals surface area contributed by atoms with Gasteiger partial charge in [0, 0.05) is 12.2 Å². The molecule has 0 amide bonds. The van der Waals surface area contributed by atoms with E-state index in [1.54, 1.807) is 52.0 Å². The molecule has 3 aliphatic heterocycles. The van der Waals surface area contributed by atoms with Crippen LogP contribution in [0.3, 0.4) is 0 Å². The van der Waals surface area contributed by atoms with E-state index in [-0.39, 0.29) is 25.5 Å². The summed E-state index contributed by atoms with van der Waals surface area (Å²) in [6, 6.07) is 7.71. The lowest BCUT2D eigenvalue weighted by Crippen LogP contribution is -2.46. The van der Waals surface area contributed by atoms with E-state index in [0.717, 1.165) is 42.8 Å². The van der Waals surface area contributed by atoms with Crippen LogP contribution in [0.5, 0.6) is 34.5 Å². The predicted octanol–water partition coefficient (Wildman–Crippen LogP) is 7.86. The fourth-order valence-electron chi connectivity index (χ4n) is 8.42. The van der Waals surface area contributed by atoms with E-state index < -0.39 is 28.3 Å². The molecule has 2 saturated heterocycles. The summed E-state index contributed by atoms with van der Waals surface area (Å²) in [7, 11) is 6.38. The van der Waals surface area contributed by atoms with E-state index in [4.69, 9.17) is 47.4 Å². The van der Waals surface area contributed by atoms with Gasteiger partial charge in [0.2, 0.25) is 24.6 Å². The number of benzene rings is 2. The molecule has 0 radical (unpaired) electrons. The lowest BCUT2D eigenvalue weighted by molar-refractivity contribution is -0.197. The first-order valence-corrected chi connectivity index (χ1v) is 20.8. The second kappa shape index (κ2) is 17.8. The van der Waals surface area contributed by atoms with Gasteiger partial charge in [-0.15, -0.1) is 23.5 Å². The van der Waals surface area contributed by atoms with Crippen molar-refractivity contribution in [3.63, 3.8) is 0 Å². The molecular formula is C40H56O11S2. The number of methoxy groups -OCH3 is 4. The molecule has 2 aromatic rings. The molecule has 0 N–H and O–H groups in total. The van der Waals surface area contributed by atoms with Gasteiger partial charge in [-0.2, -0.15) is 0 Å². The van der Waals surface area contributed by atoms with Crippen molar-refractivity contribution in [2.45, 2.75) is 76.0 Å². The van der Waals surface area contributed by atoms with Crippen molar-refractivity contribution in [2.24, 2.45) is 29.6 Å². The highest BCUT2D eigenvalue weighted by atomic mass is 32.2. The van der Waals surface area contributed by atoms with Gasteiger partial charge in [-0.25, -0.2) is 0 Å². The van der Waals surface area contributed by atoms with E-state index in [1.807, 2.05) is 25.1 Å². The molecule has 0 bridgehead atoms. The third-order valence-electron chi connectivity index (χ3n) is 11.0. The Bertz CT molecular complexity index is 1520. The number of carbonyl (C=O) groups excluding carboxylic acids is 1. The monoisotopic (exact) mass is 776 g/mol. The average Bonchev–Trinajstić information content (AvgIpc) is 3.78. The Morgan fingerprint density at radius 3 is 2.28 bits per heavy atom. The molecule has 2 aromatic carbocycles. The molecule has 3 heterocycles. The summed E-state index contributed by atoms with van der Waals surface area (Å²) < 4.78 is 60.7. The second-order valence-electron chi connectivity index (χ2n) is 14.4. The molecule has 1 aliphatic carbocycles. The molecule has 3 fully saturated rings. The first kappa shape index (κ1) is 40.0. The highest BCUT2D eigenvalue weighted by Crippen LogP contribution is 2.65. The second-order valence-corrected chi connectivity index (χ2v) is 17.3. The summed E-state index contributed by atoms with van der Waals surface area (Å²) in [6.45, 7) is 9.99. The van der Waals surface area contributed by atoms with Gasteiger partial charge in [0.15, 0.2) is 23.0 Å². The van der Waals surface area contributed by atoms with Gasteiger partial charge in [-0.05, 0) is 85.3 Å². The Hall–Kier alpha value is -2.71. The van der Waals surface area contributed by atoms with Crippen LogP contribution < -0.4 is 28.4 Å². The summed E-state index contributed by atoms with van der Waals surface area (Å²) in [5.74, 6) is 4.39. The van der Waals surface area contributed by atoms with Gasteiger partial charge >= 0.3 is 5.97 Å². The Morgan fingerprint density at radius 2 is 1.64 bits per heavy atom. The summed E-state index contributed by atoms with van der Waals surface area (Å²) in [5, 5.41) is 0. The van der Waals surface area contributed by atoms with Crippen LogP contribution in [-0.2, 0) is 27.8 Å². The van der Waals surface area contributed by atoms with Gasteiger partial charge < -0.3 is 47.4 Å². The highest BCUT2D eigenvalue weighted by molar-refractivity contribution is 8.18. The van der Waals surface area contributed by atoms with Crippen LogP contribution >= 0.6 is 23.5 Å². The minimum Gasteiger partial charge on any atom is -0.493 e. The van der Waals surface area contributed by atoms with Crippen molar-refractivity contribution < 1.29 is 52.2 Å². The van der Waals surface area contributed by atoms with E-state index in [1.165, 1.54) is 0 Å². The molecule has 6 rings (SSSR count).